The molecule has 1 amide bonds. The summed E-state index contributed by atoms with van der Waals surface area (Å²) in [5.74, 6) is -0.603. The molecule has 2 rings (SSSR count). The van der Waals surface area contributed by atoms with Crippen LogP contribution in [-0.2, 0) is 0 Å². The predicted octanol–water partition coefficient (Wildman–Crippen LogP) is 1.38. The summed E-state index contributed by atoms with van der Waals surface area (Å²) in [6.45, 7) is 0. The molecule has 6 heteroatoms. The SMILES string of the molecule is Nc1cc(F)ccc1C(=O)Nc1ncc[nH]1. The predicted molar refractivity (Wildman–Crippen MR) is 57.4 cm³/mol. The lowest BCUT2D eigenvalue weighted by atomic mass is 10.1. The van der Waals surface area contributed by atoms with Gasteiger partial charge in [0.15, 0.2) is 0 Å². The molecule has 0 saturated heterocycles. The summed E-state index contributed by atoms with van der Waals surface area (Å²) >= 11 is 0. The van der Waals surface area contributed by atoms with Crippen LogP contribution in [0.25, 0.3) is 0 Å². The van der Waals surface area contributed by atoms with E-state index in [0.29, 0.717) is 5.95 Å². The Morgan fingerprint density at radius 1 is 1.50 bits per heavy atom. The van der Waals surface area contributed by atoms with E-state index in [4.69, 9.17) is 5.73 Å². The summed E-state index contributed by atoms with van der Waals surface area (Å²) in [7, 11) is 0. The number of aromatic nitrogens is 2. The van der Waals surface area contributed by atoms with Gasteiger partial charge in [-0.25, -0.2) is 9.37 Å². The first kappa shape index (κ1) is 10.2. The van der Waals surface area contributed by atoms with Gasteiger partial charge in [0.1, 0.15) is 5.82 Å². The number of halogens is 1. The van der Waals surface area contributed by atoms with Gasteiger partial charge in [0.25, 0.3) is 5.91 Å². The number of carbonyl (C=O) groups excluding carboxylic acids is 1. The Morgan fingerprint density at radius 2 is 2.31 bits per heavy atom. The highest BCUT2D eigenvalue weighted by Crippen LogP contribution is 2.14. The number of H-pyrrole nitrogens is 1. The van der Waals surface area contributed by atoms with E-state index in [2.05, 4.69) is 15.3 Å². The Balaban J connectivity index is 2.21. The number of amides is 1. The minimum atomic E-state index is -0.480. The van der Waals surface area contributed by atoms with Crippen LogP contribution in [0, 0.1) is 5.82 Å². The van der Waals surface area contributed by atoms with Gasteiger partial charge in [-0.3, -0.25) is 10.1 Å². The molecule has 0 atom stereocenters. The van der Waals surface area contributed by atoms with Crippen LogP contribution in [-0.4, -0.2) is 15.9 Å². The van der Waals surface area contributed by atoms with E-state index in [1.165, 1.54) is 18.3 Å². The zero-order chi connectivity index (χ0) is 11.5. The molecule has 0 fully saturated rings. The first-order chi connectivity index (χ1) is 7.66. The minimum Gasteiger partial charge on any atom is -0.398 e. The Bertz CT molecular complexity index is 510. The fraction of sp³-hybridized carbons (Fsp3) is 0. The maximum absolute atomic E-state index is 12.8. The van der Waals surface area contributed by atoms with Gasteiger partial charge in [-0.15, -0.1) is 0 Å². The van der Waals surface area contributed by atoms with Gasteiger partial charge in [-0.05, 0) is 18.2 Å². The zero-order valence-electron chi connectivity index (χ0n) is 8.20. The van der Waals surface area contributed by atoms with Crippen molar-refractivity contribution in [1.82, 2.24) is 9.97 Å². The van der Waals surface area contributed by atoms with Crippen LogP contribution in [0.2, 0.25) is 0 Å². The molecule has 0 unspecified atom stereocenters. The summed E-state index contributed by atoms with van der Waals surface area (Å²) in [5, 5.41) is 2.49. The second-order valence-electron chi connectivity index (χ2n) is 3.12. The largest absolute Gasteiger partial charge is 0.398 e. The summed E-state index contributed by atoms with van der Waals surface area (Å²) in [5.41, 5.74) is 5.81. The number of carbonyl (C=O) groups is 1. The lowest BCUT2D eigenvalue weighted by Crippen LogP contribution is -2.15. The lowest BCUT2D eigenvalue weighted by molar-refractivity contribution is 0.102. The third kappa shape index (κ3) is 2.00. The van der Waals surface area contributed by atoms with E-state index < -0.39 is 11.7 Å². The standard InChI is InChI=1S/C10H9FN4O/c11-6-1-2-7(8(12)5-6)9(16)15-10-13-3-4-14-10/h1-5H,12H2,(H2,13,14,15,16). The normalized spacial score (nSPS) is 10.1. The first-order valence-electron chi connectivity index (χ1n) is 4.52. The van der Waals surface area contributed by atoms with Crippen molar-refractivity contribution in [3.63, 3.8) is 0 Å². The van der Waals surface area contributed by atoms with Crippen LogP contribution >= 0.6 is 0 Å². The van der Waals surface area contributed by atoms with Crippen LogP contribution in [0.3, 0.4) is 0 Å². The fourth-order valence-electron chi connectivity index (χ4n) is 1.25. The molecule has 0 aliphatic rings. The number of aromatic amines is 1. The fourth-order valence-corrected chi connectivity index (χ4v) is 1.25. The van der Waals surface area contributed by atoms with Gasteiger partial charge in [-0.1, -0.05) is 0 Å². The Kier molecular flexibility index (Phi) is 2.55. The molecule has 0 radical (unpaired) electrons. The maximum atomic E-state index is 12.8. The van der Waals surface area contributed by atoms with E-state index in [1.807, 2.05) is 0 Å². The monoisotopic (exact) mass is 220 g/mol. The molecule has 1 aromatic carbocycles. The van der Waals surface area contributed by atoms with Crippen LogP contribution < -0.4 is 11.1 Å². The smallest absolute Gasteiger partial charge is 0.260 e. The van der Waals surface area contributed by atoms with Crippen LogP contribution in [0.5, 0.6) is 0 Å². The third-order valence-electron chi connectivity index (χ3n) is 1.99. The highest BCUT2D eigenvalue weighted by atomic mass is 19.1. The molecule has 82 valence electrons. The Hall–Kier alpha value is -2.37. The van der Waals surface area contributed by atoms with Crippen molar-refractivity contribution in [3.05, 3.63) is 42.0 Å². The molecule has 16 heavy (non-hydrogen) atoms. The Morgan fingerprint density at radius 3 is 2.94 bits per heavy atom. The van der Waals surface area contributed by atoms with E-state index in [-0.39, 0.29) is 11.3 Å². The number of hydrogen-bond donors (Lipinski definition) is 3. The lowest BCUT2D eigenvalue weighted by Gasteiger charge is -2.04. The number of anilines is 2. The molecular formula is C10H9FN4O. The van der Waals surface area contributed by atoms with Gasteiger partial charge in [0.2, 0.25) is 5.95 Å². The number of imidazole rings is 1. The molecular weight excluding hydrogens is 211 g/mol. The van der Waals surface area contributed by atoms with Crippen molar-refractivity contribution in [2.24, 2.45) is 0 Å². The van der Waals surface area contributed by atoms with Crippen molar-refractivity contribution in [2.75, 3.05) is 11.1 Å². The number of nitrogen functional groups attached to an aromatic ring is 1. The minimum absolute atomic E-state index is 0.0871. The van der Waals surface area contributed by atoms with Gasteiger partial charge < -0.3 is 10.7 Å². The molecule has 1 aromatic heterocycles. The summed E-state index contributed by atoms with van der Waals surface area (Å²) in [6, 6.07) is 3.59. The van der Waals surface area contributed by atoms with Gasteiger partial charge in [-0.2, -0.15) is 0 Å². The second kappa shape index (κ2) is 4.01. The average Bonchev–Trinajstić information content (AvgIpc) is 2.70. The number of nitrogens with zero attached hydrogens (tertiary/aromatic N) is 1. The molecule has 0 saturated carbocycles. The van der Waals surface area contributed by atoms with E-state index in [1.54, 1.807) is 6.20 Å². The number of hydrogen-bond acceptors (Lipinski definition) is 3. The van der Waals surface area contributed by atoms with Crippen molar-refractivity contribution in [2.45, 2.75) is 0 Å². The molecule has 1 heterocycles. The van der Waals surface area contributed by atoms with E-state index in [9.17, 15) is 9.18 Å². The molecule has 0 aliphatic heterocycles. The van der Waals surface area contributed by atoms with Gasteiger partial charge >= 0.3 is 0 Å². The van der Waals surface area contributed by atoms with Crippen LogP contribution in [0.1, 0.15) is 10.4 Å². The highest BCUT2D eigenvalue weighted by Gasteiger charge is 2.11. The highest BCUT2D eigenvalue weighted by molar-refractivity contribution is 6.06. The number of nitrogens with one attached hydrogen (secondary N) is 2. The topological polar surface area (TPSA) is 83.8 Å². The molecule has 0 spiro atoms. The average molecular weight is 220 g/mol. The van der Waals surface area contributed by atoms with Crippen LogP contribution in [0.15, 0.2) is 30.6 Å². The van der Waals surface area contributed by atoms with Gasteiger partial charge in [0, 0.05) is 18.1 Å². The Labute approximate surface area is 90.5 Å². The number of nitrogens with two attached hydrogens (primary N) is 1. The van der Waals surface area contributed by atoms with Crippen molar-refractivity contribution in [1.29, 1.82) is 0 Å². The summed E-state index contributed by atoms with van der Waals surface area (Å²) < 4.78 is 12.8. The van der Waals surface area contributed by atoms with Crippen molar-refractivity contribution < 1.29 is 9.18 Å². The molecule has 4 N–H and O–H groups in total. The number of benzene rings is 1. The van der Waals surface area contributed by atoms with Gasteiger partial charge in [0.05, 0.1) is 5.56 Å². The quantitative estimate of drug-likeness (QED) is 0.668. The zero-order valence-corrected chi connectivity index (χ0v) is 8.20. The molecule has 5 nitrogen and oxygen atoms in total. The maximum Gasteiger partial charge on any atom is 0.260 e. The second-order valence-corrected chi connectivity index (χ2v) is 3.12. The van der Waals surface area contributed by atoms with Crippen molar-refractivity contribution >= 4 is 17.5 Å². The van der Waals surface area contributed by atoms with E-state index in [0.717, 1.165) is 6.07 Å². The third-order valence-corrected chi connectivity index (χ3v) is 1.99. The summed E-state index contributed by atoms with van der Waals surface area (Å²) in [6.07, 6.45) is 3.08. The van der Waals surface area contributed by atoms with E-state index >= 15 is 0 Å². The summed E-state index contributed by atoms with van der Waals surface area (Å²) in [4.78, 5) is 18.2. The number of rotatable bonds is 2. The molecule has 0 aliphatic carbocycles. The van der Waals surface area contributed by atoms with Crippen molar-refractivity contribution in [3.8, 4) is 0 Å². The molecule has 2 aromatic rings. The van der Waals surface area contributed by atoms with Crippen LogP contribution in [0.4, 0.5) is 16.0 Å². The molecule has 0 bridgehead atoms. The first-order valence-corrected chi connectivity index (χ1v) is 4.52.